The molecule has 1 amide bonds. The van der Waals surface area contributed by atoms with Crippen molar-refractivity contribution < 1.29 is 14.3 Å². The second-order valence-corrected chi connectivity index (χ2v) is 5.35. The number of nitrogens with one attached hydrogen (secondary N) is 2. The largest absolute Gasteiger partial charge is 0.445 e. The summed E-state index contributed by atoms with van der Waals surface area (Å²) < 4.78 is 6.51. The molecule has 0 spiro atoms. The molecule has 0 aliphatic heterocycles. The number of imidazole rings is 2. The minimum absolute atomic E-state index is 0.128. The molecule has 2 heterocycles. The number of aromatic amines is 1. The summed E-state index contributed by atoms with van der Waals surface area (Å²) in [6.45, 7) is 0.128. The van der Waals surface area contributed by atoms with E-state index in [1.54, 1.807) is 6.20 Å². The molecule has 2 N–H and O–H groups in total. The van der Waals surface area contributed by atoms with E-state index in [2.05, 4.69) is 20.3 Å². The molecule has 128 valence electrons. The monoisotopic (exact) mass is 339 g/mol. The van der Waals surface area contributed by atoms with Crippen LogP contribution in [-0.2, 0) is 17.8 Å². The Balaban J connectivity index is 1.64. The number of carbonyl (C=O) groups is 2. The zero-order chi connectivity index (χ0) is 17.5. The summed E-state index contributed by atoms with van der Waals surface area (Å²) in [6, 6.07) is 8.50. The highest BCUT2D eigenvalue weighted by Crippen LogP contribution is 2.05. The van der Waals surface area contributed by atoms with Gasteiger partial charge in [0.25, 0.3) is 5.91 Å². The molecule has 0 radical (unpaired) electrons. The highest BCUT2D eigenvalue weighted by Gasteiger charge is 2.23. The van der Waals surface area contributed by atoms with Gasteiger partial charge in [-0.05, 0) is 5.56 Å². The molecular weight excluding hydrogens is 322 g/mol. The van der Waals surface area contributed by atoms with Gasteiger partial charge in [0.15, 0.2) is 0 Å². The maximum atomic E-state index is 12.6. The van der Waals surface area contributed by atoms with E-state index in [4.69, 9.17) is 4.74 Å². The zero-order valence-electron chi connectivity index (χ0n) is 13.3. The third-order valence-electron chi connectivity index (χ3n) is 3.54. The number of ether oxygens (including phenoxy) is 1. The summed E-state index contributed by atoms with van der Waals surface area (Å²) in [5.74, 6) is -0.316. The van der Waals surface area contributed by atoms with Crippen molar-refractivity contribution in [2.45, 2.75) is 19.1 Å². The average molecular weight is 339 g/mol. The number of nitrogens with zero attached hydrogens (tertiary/aromatic N) is 3. The van der Waals surface area contributed by atoms with E-state index in [0.717, 1.165) is 11.3 Å². The summed E-state index contributed by atoms with van der Waals surface area (Å²) in [5, 5.41) is 2.61. The van der Waals surface area contributed by atoms with E-state index in [1.165, 1.54) is 29.6 Å². The Bertz CT molecular complexity index is 800. The molecule has 2 aromatic heterocycles. The minimum atomic E-state index is -0.807. The summed E-state index contributed by atoms with van der Waals surface area (Å²) in [7, 11) is 0. The standard InChI is InChI=1S/C17H17N5O3/c23-16(22-7-6-18-12-22)15(8-14-9-19-11-20-14)21-17(24)25-10-13-4-2-1-3-5-13/h1-7,9,11-12,15H,8,10H2,(H,19,20)(H,21,24)/t15-/m0/s1. The first-order chi connectivity index (χ1) is 12.2. The van der Waals surface area contributed by atoms with E-state index < -0.39 is 12.1 Å². The number of hydrogen-bond acceptors (Lipinski definition) is 5. The van der Waals surface area contributed by atoms with Crippen LogP contribution in [0.1, 0.15) is 16.1 Å². The number of H-pyrrole nitrogens is 1. The number of alkyl carbamates (subject to hydrolysis) is 1. The Morgan fingerprint density at radius 3 is 2.76 bits per heavy atom. The van der Waals surface area contributed by atoms with Gasteiger partial charge in [0.2, 0.25) is 0 Å². The number of benzene rings is 1. The van der Waals surface area contributed by atoms with E-state index >= 15 is 0 Å². The number of carbonyl (C=O) groups excluding carboxylic acids is 2. The Morgan fingerprint density at radius 2 is 2.08 bits per heavy atom. The molecule has 1 atom stereocenters. The lowest BCUT2D eigenvalue weighted by Crippen LogP contribution is -2.44. The first kappa shape index (κ1) is 16.4. The maximum absolute atomic E-state index is 12.6. The van der Waals surface area contributed by atoms with Gasteiger partial charge in [-0.25, -0.2) is 14.8 Å². The minimum Gasteiger partial charge on any atom is -0.445 e. The molecule has 3 rings (SSSR count). The summed E-state index contributed by atoms with van der Waals surface area (Å²) in [4.78, 5) is 35.4. The number of hydrogen-bond donors (Lipinski definition) is 2. The van der Waals surface area contributed by atoms with Crippen molar-refractivity contribution >= 4 is 12.0 Å². The van der Waals surface area contributed by atoms with Gasteiger partial charge in [0.05, 0.1) is 6.33 Å². The highest BCUT2D eigenvalue weighted by atomic mass is 16.5. The van der Waals surface area contributed by atoms with Crippen LogP contribution in [0.4, 0.5) is 4.79 Å². The van der Waals surface area contributed by atoms with Gasteiger partial charge >= 0.3 is 6.09 Å². The lowest BCUT2D eigenvalue weighted by atomic mass is 10.1. The van der Waals surface area contributed by atoms with E-state index in [0.29, 0.717) is 0 Å². The van der Waals surface area contributed by atoms with Crippen LogP contribution in [0.3, 0.4) is 0 Å². The van der Waals surface area contributed by atoms with Gasteiger partial charge in [-0.15, -0.1) is 0 Å². The quantitative estimate of drug-likeness (QED) is 0.713. The molecule has 0 aliphatic carbocycles. The van der Waals surface area contributed by atoms with Crippen LogP contribution < -0.4 is 5.32 Å². The normalized spacial score (nSPS) is 11.7. The van der Waals surface area contributed by atoms with Crippen molar-refractivity contribution in [1.82, 2.24) is 24.8 Å². The van der Waals surface area contributed by atoms with E-state index in [-0.39, 0.29) is 18.9 Å². The Hall–Kier alpha value is -3.42. The van der Waals surface area contributed by atoms with Crippen LogP contribution >= 0.6 is 0 Å². The molecule has 0 aliphatic rings. The van der Waals surface area contributed by atoms with Crippen LogP contribution in [0, 0.1) is 0 Å². The topological polar surface area (TPSA) is 102 Å². The SMILES string of the molecule is O=C(N[C@@H](Cc1cnc[nH]1)C(=O)n1ccnc1)OCc1ccccc1. The van der Waals surface area contributed by atoms with Gasteiger partial charge in [0, 0.05) is 30.7 Å². The third-order valence-corrected chi connectivity index (χ3v) is 3.54. The van der Waals surface area contributed by atoms with Crippen molar-refractivity contribution in [3.05, 3.63) is 72.8 Å². The van der Waals surface area contributed by atoms with Gasteiger partial charge in [-0.3, -0.25) is 9.36 Å². The number of amides is 1. The Kier molecular flexibility index (Phi) is 5.20. The molecule has 3 aromatic rings. The number of rotatable bonds is 6. The molecule has 8 nitrogen and oxygen atoms in total. The molecule has 0 bridgehead atoms. The fourth-order valence-corrected chi connectivity index (χ4v) is 2.29. The maximum Gasteiger partial charge on any atom is 0.408 e. The van der Waals surface area contributed by atoms with Crippen molar-refractivity contribution in [3.8, 4) is 0 Å². The average Bonchev–Trinajstić information content (AvgIpc) is 3.33. The van der Waals surface area contributed by atoms with Gasteiger partial charge in [-0.2, -0.15) is 0 Å². The Morgan fingerprint density at radius 1 is 1.24 bits per heavy atom. The first-order valence-electron chi connectivity index (χ1n) is 7.69. The van der Waals surface area contributed by atoms with E-state index in [9.17, 15) is 9.59 Å². The van der Waals surface area contributed by atoms with Gasteiger partial charge in [0.1, 0.15) is 19.0 Å². The van der Waals surface area contributed by atoms with Crippen molar-refractivity contribution in [2.24, 2.45) is 0 Å². The second kappa shape index (κ2) is 7.91. The molecule has 0 fully saturated rings. The molecule has 25 heavy (non-hydrogen) atoms. The molecule has 8 heteroatoms. The molecular formula is C17H17N5O3. The Labute approximate surface area is 143 Å². The van der Waals surface area contributed by atoms with E-state index in [1.807, 2.05) is 30.3 Å². The van der Waals surface area contributed by atoms with Gasteiger partial charge in [-0.1, -0.05) is 30.3 Å². The lowest BCUT2D eigenvalue weighted by molar-refractivity contribution is 0.0835. The second-order valence-electron chi connectivity index (χ2n) is 5.35. The van der Waals surface area contributed by atoms with Crippen LogP contribution in [0.15, 0.2) is 61.6 Å². The van der Waals surface area contributed by atoms with Crippen molar-refractivity contribution in [3.63, 3.8) is 0 Å². The van der Waals surface area contributed by atoms with Crippen LogP contribution in [0.2, 0.25) is 0 Å². The predicted molar refractivity (Wildman–Crippen MR) is 88.7 cm³/mol. The lowest BCUT2D eigenvalue weighted by Gasteiger charge is -2.17. The fourth-order valence-electron chi connectivity index (χ4n) is 2.29. The van der Waals surface area contributed by atoms with Crippen LogP contribution in [0.25, 0.3) is 0 Å². The zero-order valence-corrected chi connectivity index (χ0v) is 13.3. The van der Waals surface area contributed by atoms with Crippen LogP contribution in [-0.4, -0.2) is 37.6 Å². The van der Waals surface area contributed by atoms with Crippen molar-refractivity contribution in [2.75, 3.05) is 0 Å². The summed E-state index contributed by atoms with van der Waals surface area (Å²) in [5.41, 5.74) is 1.59. The molecule has 0 saturated carbocycles. The molecule has 1 aromatic carbocycles. The molecule has 0 unspecified atom stereocenters. The highest BCUT2D eigenvalue weighted by molar-refractivity contribution is 5.87. The van der Waals surface area contributed by atoms with Gasteiger partial charge < -0.3 is 15.0 Å². The summed E-state index contributed by atoms with van der Waals surface area (Å²) in [6.07, 6.45) is 7.13. The van der Waals surface area contributed by atoms with Crippen LogP contribution in [0.5, 0.6) is 0 Å². The van der Waals surface area contributed by atoms with Crippen molar-refractivity contribution in [1.29, 1.82) is 0 Å². The predicted octanol–water partition coefficient (Wildman–Crippen LogP) is 1.78. The first-order valence-corrected chi connectivity index (χ1v) is 7.69. The fraction of sp³-hybridized carbons (Fsp3) is 0.176. The smallest absolute Gasteiger partial charge is 0.408 e. The summed E-state index contributed by atoms with van der Waals surface area (Å²) >= 11 is 0. The number of aromatic nitrogens is 4. The third kappa shape index (κ3) is 4.54. The molecule has 0 saturated heterocycles.